The van der Waals surface area contributed by atoms with Crippen molar-refractivity contribution in [2.45, 2.75) is 32.2 Å². The van der Waals surface area contributed by atoms with E-state index in [1.54, 1.807) is 17.9 Å². The molecule has 4 rings (SSSR count). The third-order valence-corrected chi connectivity index (χ3v) is 7.94. The number of hydrogen-bond donors (Lipinski definition) is 1. The van der Waals surface area contributed by atoms with Gasteiger partial charge in [0.05, 0.1) is 18.0 Å². The molecule has 0 spiro atoms. The van der Waals surface area contributed by atoms with E-state index in [1.165, 1.54) is 0 Å². The van der Waals surface area contributed by atoms with Gasteiger partial charge in [0.2, 0.25) is 11.8 Å². The first-order chi connectivity index (χ1) is 21.8. The lowest BCUT2D eigenvalue weighted by Crippen LogP contribution is -2.43. The van der Waals surface area contributed by atoms with Crippen LogP contribution in [-0.4, -0.2) is 74.1 Å². The van der Waals surface area contributed by atoms with Crippen LogP contribution in [0.5, 0.6) is 0 Å². The van der Waals surface area contributed by atoms with Gasteiger partial charge in [-0.1, -0.05) is 54.1 Å². The molecule has 8 nitrogen and oxygen atoms in total. The number of ether oxygens (including phenoxy) is 1. The molecule has 11 heteroatoms. The maximum Gasteiger partial charge on any atom is 0.328 e. The number of amides is 2. The molecule has 3 aromatic rings. The van der Waals surface area contributed by atoms with Crippen molar-refractivity contribution in [1.29, 1.82) is 0 Å². The normalized spacial score (nSPS) is 13.4. The first kappa shape index (κ1) is 34.3. The van der Waals surface area contributed by atoms with Crippen molar-refractivity contribution in [2.75, 3.05) is 54.3 Å². The maximum atomic E-state index is 13.2. The largest absolute Gasteiger partial charge is 0.464 e. The van der Waals surface area contributed by atoms with Gasteiger partial charge in [-0.25, -0.2) is 4.79 Å². The van der Waals surface area contributed by atoms with Gasteiger partial charge in [-0.15, -0.1) is 23.2 Å². The van der Waals surface area contributed by atoms with Crippen LogP contribution in [0.2, 0.25) is 5.02 Å². The van der Waals surface area contributed by atoms with Crippen LogP contribution in [0.4, 0.5) is 11.4 Å². The number of benzodiazepines with no additional fused rings is 1. The number of rotatable bonds is 15. The third kappa shape index (κ3) is 9.45. The molecular weight excluding hydrogens is 635 g/mol. The number of aliphatic imine (C=N–C) groups is 1. The van der Waals surface area contributed by atoms with E-state index in [1.807, 2.05) is 66.7 Å². The van der Waals surface area contributed by atoms with Gasteiger partial charge in [-0.3, -0.25) is 14.6 Å². The SMILES string of the molecule is CCOC(=O)[C@@H](Cc1ccc(N(CCCl)CCCl)cc1)NC(=O)CCCN1C(=O)CN=C(c2ccccc2)c2cc(Cl)ccc21. The van der Waals surface area contributed by atoms with Crippen molar-refractivity contribution in [3.8, 4) is 0 Å². The fourth-order valence-corrected chi connectivity index (χ4v) is 5.81. The number of fused-ring (bicyclic) bond motifs is 1. The fourth-order valence-electron chi connectivity index (χ4n) is 5.23. The van der Waals surface area contributed by atoms with Gasteiger partial charge in [0.15, 0.2) is 0 Å². The van der Waals surface area contributed by atoms with Crippen molar-refractivity contribution in [3.05, 3.63) is 94.5 Å². The molecule has 1 aliphatic rings. The summed E-state index contributed by atoms with van der Waals surface area (Å²) in [6.45, 7) is 3.53. The minimum Gasteiger partial charge on any atom is -0.464 e. The van der Waals surface area contributed by atoms with Gasteiger partial charge in [-0.05, 0) is 49.2 Å². The molecule has 0 saturated heterocycles. The molecule has 0 fully saturated rings. The number of halogens is 3. The number of carbonyl (C=O) groups excluding carboxylic acids is 3. The van der Waals surface area contributed by atoms with Crippen LogP contribution in [-0.2, 0) is 25.5 Å². The summed E-state index contributed by atoms with van der Waals surface area (Å²) in [5.41, 5.74) is 4.87. The average molecular weight is 672 g/mol. The highest BCUT2D eigenvalue weighted by atomic mass is 35.5. The topological polar surface area (TPSA) is 91.3 Å². The zero-order chi connectivity index (χ0) is 32.2. The van der Waals surface area contributed by atoms with E-state index in [0.717, 1.165) is 22.4 Å². The first-order valence-corrected chi connectivity index (χ1v) is 16.4. The Labute approximate surface area is 279 Å². The summed E-state index contributed by atoms with van der Waals surface area (Å²) >= 11 is 18.2. The molecule has 1 aliphatic heterocycles. The third-order valence-electron chi connectivity index (χ3n) is 7.37. The number of benzene rings is 3. The lowest BCUT2D eigenvalue weighted by molar-refractivity contribution is -0.147. The van der Waals surface area contributed by atoms with Crippen molar-refractivity contribution in [2.24, 2.45) is 4.99 Å². The van der Waals surface area contributed by atoms with Crippen LogP contribution in [0.25, 0.3) is 0 Å². The van der Waals surface area contributed by atoms with Crippen molar-refractivity contribution < 1.29 is 19.1 Å². The van der Waals surface area contributed by atoms with Gasteiger partial charge >= 0.3 is 5.97 Å². The summed E-state index contributed by atoms with van der Waals surface area (Å²) in [5, 5.41) is 3.38. The van der Waals surface area contributed by atoms with Crippen LogP contribution in [0.15, 0.2) is 77.8 Å². The fraction of sp³-hybridized carbons (Fsp3) is 0.353. The highest BCUT2D eigenvalue weighted by Crippen LogP contribution is 2.30. The predicted molar refractivity (Wildman–Crippen MR) is 182 cm³/mol. The summed E-state index contributed by atoms with van der Waals surface area (Å²) in [6, 6.07) is 21.9. The Morgan fingerprint density at radius 1 is 1.02 bits per heavy atom. The molecule has 0 aliphatic carbocycles. The van der Waals surface area contributed by atoms with Crippen LogP contribution in [0.1, 0.15) is 36.5 Å². The number of nitrogens with zero attached hydrogens (tertiary/aromatic N) is 3. The van der Waals surface area contributed by atoms with E-state index < -0.39 is 12.0 Å². The van der Waals surface area contributed by atoms with Crippen molar-refractivity contribution in [1.82, 2.24) is 5.32 Å². The number of alkyl halides is 2. The highest BCUT2D eigenvalue weighted by Gasteiger charge is 2.26. The summed E-state index contributed by atoms with van der Waals surface area (Å²) < 4.78 is 5.26. The zero-order valence-corrected chi connectivity index (χ0v) is 27.5. The van der Waals surface area contributed by atoms with Crippen molar-refractivity contribution >= 4 is 69.7 Å². The predicted octanol–water partition coefficient (Wildman–Crippen LogP) is 5.88. The minimum atomic E-state index is -0.852. The second-order valence-electron chi connectivity index (χ2n) is 10.4. The summed E-state index contributed by atoms with van der Waals surface area (Å²) in [4.78, 5) is 47.4. The highest BCUT2D eigenvalue weighted by molar-refractivity contribution is 6.32. The van der Waals surface area contributed by atoms with E-state index in [-0.39, 0.29) is 37.8 Å². The van der Waals surface area contributed by atoms with Crippen molar-refractivity contribution in [3.63, 3.8) is 0 Å². The molecule has 1 heterocycles. The number of esters is 1. The monoisotopic (exact) mass is 670 g/mol. The second-order valence-corrected chi connectivity index (χ2v) is 11.6. The molecule has 1 N–H and O–H groups in total. The molecule has 0 aromatic heterocycles. The Morgan fingerprint density at radius 3 is 2.40 bits per heavy atom. The number of anilines is 2. The number of carbonyl (C=O) groups is 3. The Kier molecular flexibility index (Phi) is 13.1. The maximum absolute atomic E-state index is 13.2. The van der Waals surface area contributed by atoms with Crippen LogP contribution in [0, 0.1) is 0 Å². The van der Waals surface area contributed by atoms with E-state index in [4.69, 9.17) is 39.5 Å². The molecular formula is C34H37Cl3N4O4. The van der Waals surface area contributed by atoms with E-state index in [0.29, 0.717) is 54.2 Å². The lowest BCUT2D eigenvalue weighted by atomic mass is 10.00. The Balaban J connectivity index is 1.41. The summed E-state index contributed by atoms with van der Waals surface area (Å²) in [5.74, 6) is -0.0243. The summed E-state index contributed by atoms with van der Waals surface area (Å²) in [7, 11) is 0. The first-order valence-electron chi connectivity index (χ1n) is 15.0. The standard InChI is InChI=1S/C34H37Cl3N4O4/c1-2-45-34(44)29(21-24-10-13-27(14-11-24)40(19-16-35)20-17-36)39-31(42)9-6-18-41-30-15-12-26(37)22-28(30)33(38-23-32(41)43)25-7-4-3-5-8-25/h3-5,7-8,10-15,22,29H,2,6,9,16-21,23H2,1H3,(H,39,42)/t29-/m1/s1. The minimum absolute atomic E-state index is 0.0258. The molecule has 238 valence electrons. The van der Waals surface area contributed by atoms with Crippen LogP contribution >= 0.6 is 34.8 Å². The molecule has 45 heavy (non-hydrogen) atoms. The van der Waals surface area contributed by atoms with Gasteiger partial charge in [0.25, 0.3) is 0 Å². The van der Waals surface area contributed by atoms with E-state index >= 15 is 0 Å². The number of nitrogens with one attached hydrogen (secondary N) is 1. The molecule has 1 atom stereocenters. The van der Waals surface area contributed by atoms with Gasteiger partial charge in [0, 0.05) is 66.1 Å². The number of hydrogen-bond acceptors (Lipinski definition) is 6. The lowest BCUT2D eigenvalue weighted by Gasteiger charge is -2.24. The van der Waals surface area contributed by atoms with Gasteiger partial charge in [-0.2, -0.15) is 0 Å². The molecule has 0 saturated carbocycles. The van der Waals surface area contributed by atoms with Gasteiger partial charge in [0.1, 0.15) is 12.6 Å². The van der Waals surface area contributed by atoms with Crippen LogP contribution < -0.4 is 15.1 Å². The van der Waals surface area contributed by atoms with Crippen LogP contribution in [0.3, 0.4) is 0 Å². The summed E-state index contributed by atoms with van der Waals surface area (Å²) in [6.07, 6.45) is 0.759. The Morgan fingerprint density at radius 2 is 1.73 bits per heavy atom. The quantitative estimate of drug-likeness (QED) is 0.161. The Hall–Kier alpha value is -3.59. The molecule has 3 aromatic carbocycles. The zero-order valence-electron chi connectivity index (χ0n) is 25.2. The molecule has 0 radical (unpaired) electrons. The molecule has 2 amide bonds. The Bertz CT molecular complexity index is 1480. The van der Waals surface area contributed by atoms with E-state index in [9.17, 15) is 14.4 Å². The second kappa shape index (κ2) is 17.2. The molecule has 0 unspecified atom stereocenters. The molecule has 0 bridgehead atoms. The smallest absolute Gasteiger partial charge is 0.328 e. The average Bonchev–Trinajstić information content (AvgIpc) is 3.17. The van der Waals surface area contributed by atoms with Gasteiger partial charge < -0.3 is 19.9 Å². The van der Waals surface area contributed by atoms with E-state index in [2.05, 4.69) is 15.2 Å².